The summed E-state index contributed by atoms with van der Waals surface area (Å²) in [6.07, 6.45) is 5.15. The Kier molecular flexibility index (Phi) is 2.35. The average molecular weight is 171 g/mol. The van der Waals surface area contributed by atoms with Crippen molar-refractivity contribution in [1.82, 2.24) is 5.32 Å². The maximum atomic E-state index is 8.86. The lowest BCUT2D eigenvalue weighted by molar-refractivity contribution is -0.0537. The highest BCUT2D eigenvalue weighted by molar-refractivity contribution is 4.95. The quantitative estimate of drug-likeness (QED) is 0.595. The van der Waals surface area contributed by atoms with Crippen molar-refractivity contribution >= 4 is 0 Å². The first-order chi connectivity index (χ1) is 5.85. The van der Waals surface area contributed by atoms with Gasteiger partial charge in [-0.05, 0) is 12.8 Å². The Morgan fingerprint density at radius 2 is 2.17 bits per heavy atom. The Bertz CT molecular complexity index is 145. The summed E-state index contributed by atoms with van der Waals surface area (Å²) in [6.45, 7) is 1.75. The largest absolute Gasteiger partial charge is 0.394 e. The number of hydrogen-bond donors (Lipinski definition) is 2. The molecule has 2 aliphatic rings. The fourth-order valence-electron chi connectivity index (χ4n) is 2.21. The van der Waals surface area contributed by atoms with Crippen LogP contribution in [0.3, 0.4) is 0 Å². The summed E-state index contributed by atoms with van der Waals surface area (Å²) in [4.78, 5) is 0. The third-order valence-corrected chi connectivity index (χ3v) is 3.06. The maximum Gasteiger partial charge on any atom is 0.0930 e. The Morgan fingerprint density at radius 1 is 1.42 bits per heavy atom. The number of morpholine rings is 1. The molecular weight excluding hydrogens is 154 g/mol. The number of aliphatic hydroxyl groups excluding tert-OH is 1. The lowest BCUT2D eigenvalue weighted by Crippen LogP contribution is -2.56. The van der Waals surface area contributed by atoms with Crippen LogP contribution in [0.1, 0.15) is 25.7 Å². The molecule has 0 amide bonds. The number of aliphatic hydroxyl groups is 1. The van der Waals surface area contributed by atoms with Gasteiger partial charge in [0, 0.05) is 12.1 Å². The number of hydrogen-bond acceptors (Lipinski definition) is 3. The molecule has 12 heavy (non-hydrogen) atoms. The predicted octanol–water partition coefficient (Wildman–Crippen LogP) is 0.280. The van der Waals surface area contributed by atoms with Crippen molar-refractivity contribution in [2.45, 2.75) is 37.3 Å². The minimum Gasteiger partial charge on any atom is -0.394 e. The van der Waals surface area contributed by atoms with Crippen LogP contribution in [0.15, 0.2) is 0 Å². The molecular formula is C9H17NO2. The molecule has 3 nitrogen and oxygen atoms in total. The highest BCUT2D eigenvalue weighted by atomic mass is 16.5. The summed E-state index contributed by atoms with van der Waals surface area (Å²) >= 11 is 0. The summed E-state index contributed by atoms with van der Waals surface area (Å²) in [6, 6.07) is 0. The van der Waals surface area contributed by atoms with Crippen LogP contribution in [0.5, 0.6) is 0 Å². The van der Waals surface area contributed by atoms with E-state index >= 15 is 0 Å². The van der Waals surface area contributed by atoms with Gasteiger partial charge in [-0.1, -0.05) is 12.8 Å². The molecule has 2 N–H and O–H groups in total. The Morgan fingerprint density at radius 3 is 2.67 bits per heavy atom. The first-order valence-corrected chi connectivity index (χ1v) is 4.82. The smallest absolute Gasteiger partial charge is 0.0930 e. The first kappa shape index (κ1) is 8.48. The fourth-order valence-corrected chi connectivity index (χ4v) is 2.21. The van der Waals surface area contributed by atoms with Gasteiger partial charge in [0.05, 0.1) is 19.3 Å². The van der Waals surface area contributed by atoms with Crippen LogP contribution in [0, 0.1) is 0 Å². The molecule has 1 spiro atoms. The topological polar surface area (TPSA) is 41.5 Å². The van der Waals surface area contributed by atoms with E-state index in [1.54, 1.807) is 0 Å². The van der Waals surface area contributed by atoms with Gasteiger partial charge < -0.3 is 15.2 Å². The highest BCUT2D eigenvalue weighted by Gasteiger charge is 2.37. The normalized spacial score (nSPS) is 34.2. The minimum atomic E-state index is 0.0243. The van der Waals surface area contributed by atoms with Crippen LogP contribution in [0.2, 0.25) is 0 Å². The van der Waals surface area contributed by atoms with E-state index in [-0.39, 0.29) is 18.2 Å². The highest BCUT2D eigenvalue weighted by Crippen LogP contribution is 2.31. The van der Waals surface area contributed by atoms with Crippen molar-refractivity contribution in [2.24, 2.45) is 0 Å². The summed E-state index contributed by atoms with van der Waals surface area (Å²) in [7, 11) is 0. The maximum absolute atomic E-state index is 8.86. The molecule has 0 aromatic heterocycles. The average Bonchev–Trinajstić information content (AvgIpc) is 2.55. The van der Waals surface area contributed by atoms with Gasteiger partial charge >= 0.3 is 0 Å². The number of rotatable bonds is 1. The Balaban J connectivity index is 1.88. The zero-order chi connectivity index (χ0) is 8.44. The molecule has 2 fully saturated rings. The van der Waals surface area contributed by atoms with Gasteiger partial charge in [0.2, 0.25) is 0 Å². The molecule has 1 aliphatic carbocycles. The van der Waals surface area contributed by atoms with Crippen molar-refractivity contribution in [1.29, 1.82) is 0 Å². The molecule has 0 aromatic rings. The van der Waals surface area contributed by atoms with E-state index in [4.69, 9.17) is 9.84 Å². The van der Waals surface area contributed by atoms with E-state index in [0.717, 1.165) is 13.2 Å². The van der Waals surface area contributed by atoms with Crippen LogP contribution in [-0.2, 0) is 4.74 Å². The molecule has 1 saturated heterocycles. The fraction of sp³-hybridized carbons (Fsp3) is 1.00. The van der Waals surface area contributed by atoms with E-state index in [1.165, 1.54) is 25.7 Å². The Labute approximate surface area is 73.1 Å². The zero-order valence-corrected chi connectivity index (χ0v) is 7.38. The standard InChI is InChI=1S/C9H17NO2/c11-6-8-5-10-9(7-12-8)3-1-2-4-9/h8,10-11H,1-7H2. The molecule has 1 atom stereocenters. The van der Waals surface area contributed by atoms with Crippen LogP contribution >= 0.6 is 0 Å². The lowest BCUT2D eigenvalue weighted by Gasteiger charge is -2.38. The number of nitrogens with one attached hydrogen (secondary N) is 1. The second kappa shape index (κ2) is 3.32. The molecule has 1 aliphatic heterocycles. The van der Waals surface area contributed by atoms with Gasteiger partial charge in [-0.25, -0.2) is 0 Å². The summed E-state index contributed by atoms with van der Waals surface area (Å²) in [5.74, 6) is 0. The van der Waals surface area contributed by atoms with Crippen LogP contribution < -0.4 is 5.32 Å². The third-order valence-electron chi connectivity index (χ3n) is 3.06. The van der Waals surface area contributed by atoms with Gasteiger partial charge in [-0.15, -0.1) is 0 Å². The summed E-state index contributed by atoms with van der Waals surface area (Å²) < 4.78 is 5.55. The molecule has 70 valence electrons. The molecule has 0 radical (unpaired) electrons. The molecule has 2 rings (SSSR count). The first-order valence-electron chi connectivity index (χ1n) is 4.82. The van der Waals surface area contributed by atoms with Gasteiger partial charge in [0.15, 0.2) is 0 Å². The second-order valence-electron chi connectivity index (χ2n) is 3.98. The lowest BCUT2D eigenvalue weighted by atomic mass is 9.97. The molecule has 1 unspecified atom stereocenters. The van der Waals surface area contributed by atoms with Gasteiger partial charge in [0.25, 0.3) is 0 Å². The van der Waals surface area contributed by atoms with E-state index in [1.807, 2.05) is 0 Å². The van der Waals surface area contributed by atoms with Crippen LogP contribution in [-0.4, -0.2) is 36.5 Å². The van der Waals surface area contributed by atoms with Gasteiger partial charge in [-0.2, -0.15) is 0 Å². The predicted molar refractivity (Wildman–Crippen MR) is 46.0 cm³/mol. The van der Waals surface area contributed by atoms with E-state index < -0.39 is 0 Å². The molecule has 1 heterocycles. The minimum absolute atomic E-state index is 0.0243. The van der Waals surface area contributed by atoms with E-state index in [9.17, 15) is 0 Å². The number of ether oxygens (including phenoxy) is 1. The molecule has 0 bridgehead atoms. The van der Waals surface area contributed by atoms with Crippen molar-refractivity contribution in [2.75, 3.05) is 19.8 Å². The molecule has 0 aromatic carbocycles. The van der Waals surface area contributed by atoms with Crippen molar-refractivity contribution < 1.29 is 9.84 Å². The van der Waals surface area contributed by atoms with Gasteiger partial charge in [-0.3, -0.25) is 0 Å². The van der Waals surface area contributed by atoms with E-state index in [2.05, 4.69) is 5.32 Å². The SMILES string of the molecule is OCC1CNC2(CCCC2)CO1. The van der Waals surface area contributed by atoms with Gasteiger partial charge in [0.1, 0.15) is 0 Å². The Hall–Kier alpha value is -0.120. The van der Waals surface area contributed by atoms with Crippen molar-refractivity contribution in [3.05, 3.63) is 0 Å². The second-order valence-corrected chi connectivity index (χ2v) is 3.98. The molecule has 3 heteroatoms. The zero-order valence-electron chi connectivity index (χ0n) is 7.38. The van der Waals surface area contributed by atoms with Crippen molar-refractivity contribution in [3.8, 4) is 0 Å². The van der Waals surface area contributed by atoms with Crippen molar-refractivity contribution in [3.63, 3.8) is 0 Å². The summed E-state index contributed by atoms with van der Waals surface area (Å²) in [5.41, 5.74) is 0.270. The third kappa shape index (κ3) is 1.49. The van der Waals surface area contributed by atoms with E-state index in [0.29, 0.717) is 0 Å². The van der Waals surface area contributed by atoms with Crippen LogP contribution in [0.25, 0.3) is 0 Å². The summed E-state index contributed by atoms with van der Waals surface area (Å²) in [5, 5.41) is 12.4. The molecule has 1 saturated carbocycles. The van der Waals surface area contributed by atoms with Crippen LogP contribution in [0.4, 0.5) is 0 Å². The monoisotopic (exact) mass is 171 g/mol.